The predicted octanol–water partition coefficient (Wildman–Crippen LogP) is 2.71. The fourth-order valence-corrected chi connectivity index (χ4v) is 4.86. The molecule has 2 aromatic rings. The summed E-state index contributed by atoms with van der Waals surface area (Å²) in [7, 11) is -3.54. The number of hydrogen-bond acceptors (Lipinski definition) is 5. The second-order valence-electron chi connectivity index (χ2n) is 7.35. The number of carboxylic acids is 1. The summed E-state index contributed by atoms with van der Waals surface area (Å²) in [4.78, 5) is 15.3. The van der Waals surface area contributed by atoms with Crippen molar-refractivity contribution in [1.82, 2.24) is 9.29 Å². The molecule has 1 aromatic carbocycles. The Kier molecular flexibility index (Phi) is 5.45. The topological polar surface area (TPSA) is 96.8 Å². The molecule has 0 bridgehead atoms. The number of fused-ring (bicyclic) bond motifs is 1. The van der Waals surface area contributed by atoms with Crippen molar-refractivity contribution < 1.29 is 23.1 Å². The van der Waals surface area contributed by atoms with Gasteiger partial charge in [0.15, 0.2) is 0 Å². The van der Waals surface area contributed by atoms with Crippen molar-refractivity contribution in [1.29, 1.82) is 0 Å². The van der Waals surface area contributed by atoms with Crippen LogP contribution in [0.5, 0.6) is 5.75 Å². The van der Waals surface area contributed by atoms with Crippen LogP contribution in [0.25, 0.3) is 0 Å². The lowest BCUT2D eigenvalue weighted by molar-refractivity contribution is 0.0151. The van der Waals surface area contributed by atoms with Gasteiger partial charge in [0.2, 0.25) is 10.0 Å². The number of hydrogen-bond donors (Lipinski definition) is 1. The van der Waals surface area contributed by atoms with Gasteiger partial charge in [-0.3, -0.25) is 4.98 Å². The third-order valence-electron chi connectivity index (χ3n) is 5.05. The molecule has 1 N–H and O–H groups in total. The number of carboxylic acid groups (broad SMARTS) is 1. The van der Waals surface area contributed by atoms with Crippen LogP contribution in [-0.4, -0.2) is 46.2 Å². The third-order valence-corrected chi connectivity index (χ3v) is 6.88. The van der Waals surface area contributed by atoms with E-state index in [0.29, 0.717) is 17.7 Å². The maximum atomic E-state index is 12.9. The smallest absolute Gasteiger partial charge is 0.335 e. The van der Waals surface area contributed by atoms with Crippen LogP contribution >= 0.6 is 0 Å². The van der Waals surface area contributed by atoms with Crippen molar-refractivity contribution in [3.63, 3.8) is 0 Å². The van der Waals surface area contributed by atoms with Crippen molar-refractivity contribution in [3.8, 4) is 5.75 Å². The molecule has 0 saturated heterocycles. The Bertz CT molecular complexity index is 973. The van der Waals surface area contributed by atoms with Gasteiger partial charge in [-0.15, -0.1) is 0 Å². The first kappa shape index (κ1) is 20.3. The van der Waals surface area contributed by atoms with Crippen LogP contribution in [0.1, 0.15) is 42.3 Å². The summed E-state index contributed by atoms with van der Waals surface area (Å²) < 4.78 is 33.5. The van der Waals surface area contributed by atoms with Crippen LogP contribution in [0.3, 0.4) is 0 Å². The van der Waals surface area contributed by atoms with E-state index < -0.39 is 27.6 Å². The third kappa shape index (κ3) is 4.02. The number of pyridine rings is 1. The zero-order chi connectivity index (χ0) is 20.5. The molecule has 7 nitrogen and oxygen atoms in total. The Labute approximate surface area is 165 Å². The highest BCUT2D eigenvalue weighted by Crippen LogP contribution is 2.37. The van der Waals surface area contributed by atoms with E-state index in [-0.39, 0.29) is 17.9 Å². The first-order valence-electron chi connectivity index (χ1n) is 9.07. The summed E-state index contributed by atoms with van der Waals surface area (Å²) in [6.45, 7) is 5.53. The molecule has 8 heteroatoms. The normalized spacial score (nSPS) is 18.4. The SMILES string of the molecule is CCS(=O)(=O)N(Cc1ccncc1)C1Cc2cc(C(=O)O)ccc2OC1(C)C. The molecule has 1 atom stereocenters. The minimum Gasteiger partial charge on any atom is -0.486 e. The summed E-state index contributed by atoms with van der Waals surface area (Å²) in [6, 6.07) is 7.77. The number of ether oxygens (including phenoxy) is 1. The number of nitrogens with zero attached hydrogens (tertiary/aromatic N) is 2. The average Bonchev–Trinajstić information content (AvgIpc) is 2.65. The standard InChI is InChI=1S/C20H24N2O5S/c1-4-28(25,26)22(13-14-7-9-21-10-8-14)18-12-16-11-15(19(23)24)5-6-17(16)27-20(18,2)3/h5-11,18H,4,12-13H2,1-3H3,(H,23,24). The molecule has 28 heavy (non-hydrogen) atoms. The number of rotatable bonds is 6. The Morgan fingerprint density at radius 3 is 2.57 bits per heavy atom. The number of benzene rings is 1. The molecule has 0 amide bonds. The Morgan fingerprint density at radius 1 is 1.29 bits per heavy atom. The number of carbonyl (C=O) groups is 1. The van der Waals surface area contributed by atoms with Crippen molar-refractivity contribution in [2.24, 2.45) is 0 Å². The lowest BCUT2D eigenvalue weighted by Crippen LogP contribution is -2.57. The molecule has 1 unspecified atom stereocenters. The Hall–Kier alpha value is -2.45. The highest BCUT2D eigenvalue weighted by Gasteiger charge is 2.44. The lowest BCUT2D eigenvalue weighted by atomic mass is 9.87. The first-order valence-corrected chi connectivity index (χ1v) is 10.7. The van der Waals surface area contributed by atoms with E-state index in [9.17, 15) is 18.3 Å². The zero-order valence-corrected chi connectivity index (χ0v) is 16.9. The zero-order valence-electron chi connectivity index (χ0n) is 16.1. The monoisotopic (exact) mass is 404 g/mol. The van der Waals surface area contributed by atoms with Crippen molar-refractivity contribution >= 4 is 16.0 Å². The van der Waals surface area contributed by atoms with Gasteiger partial charge in [0.25, 0.3) is 0 Å². The maximum absolute atomic E-state index is 12.9. The molecule has 0 radical (unpaired) electrons. The summed E-state index contributed by atoms with van der Waals surface area (Å²) in [5.41, 5.74) is 0.885. The molecule has 1 aliphatic heterocycles. The summed E-state index contributed by atoms with van der Waals surface area (Å²) >= 11 is 0. The molecule has 0 aliphatic carbocycles. The lowest BCUT2D eigenvalue weighted by Gasteiger charge is -2.45. The molecule has 0 spiro atoms. The molecule has 0 saturated carbocycles. The number of aromatic carboxylic acids is 1. The van der Waals surface area contributed by atoms with Gasteiger partial charge in [-0.2, -0.15) is 4.31 Å². The molecule has 0 fully saturated rings. The van der Waals surface area contributed by atoms with Crippen LogP contribution < -0.4 is 4.74 Å². The minimum atomic E-state index is -3.54. The molecular formula is C20H24N2O5S. The number of sulfonamides is 1. The van der Waals surface area contributed by atoms with E-state index in [4.69, 9.17) is 4.74 Å². The average molecular weight is 404 g/mol. The van der Waals surface area contributed by atoms with E-state index in [1.54, 1.807) is 43.6 Å². The van der Waals surface area contributed by atoms with Crippen LogP contribution in [0, 0.1) is 0 Å². The van der Waals surface area contributed by atoms with E-state index in [0.717, 1.165) is 5.56 Å². The second-order valence-corrected chi connectivity index (χ2v) is 9.56. The van der Waals surface area contributed by atoms with Crippen molar-refractivity contribution in [3.05, 3.63) is 59.4 Å². The predicted molar refractivity (Wildman–Crippen MR) is 105 cm³/mol. The fourth-order valence-electron chi connectivity index (χ4n) is 3.46. The molecule has 1 aromatic heterocycles. The summed E-state index contributed by atoms with van der Waals surface area (Å²) in [5.74, 6) is -0.477. The highest BCUT2D eigenvalue weighted by atomic mass is 32.2. The molecular weight excluding hydrogens is 380 g/mol. The maximum Gasteiger partial charge on any atom is 0.335 e. The van der Waals surface area contributed by atoms with E-state index >= 15 is 0 Å². The quantitative estimate of drug-likeness (QED) is 0.795. The first-order chi connectivity index (χ1) is 13.1. The van der Waals surface area contributed by atoms with Gasteiger partial charge in [0, 0.05) is 18.9 Å². The fraction of sp³-hybridized carbons (Fsp3) is 0.400. The van der Waals surface area contributed by atoms with Gasteiger partial charge < -0.3 is 9.84 Å². The van der Waals surface area contributed by atoms with Gasteiger partial charge in [-0.05, 0) is 68.7 Å². The molecule has 1 aliphatic rings. The van der Waals surface area contributed by atoms with Gasteiger partial charge in [-0.1, -0.05) is 0 Å². The molecule has 2 heterocycles. The van der Waals surface area contributed by atoms with E-state index in [1.165, 1.54) is 10.4 Å². The Morgan fingerprint density at radius 2 is 1.96 bits per heavy atom. The molecule has 3 rings (SSSR count). The van der Waals surface area contributed by atoms with E-state index in [1.807, 2.05) is 13.8 Å². The second kappa shape index (κ2) is 7.52. The van der Waals surface area contributed by atoms with Gasteiger partial charge in [-0.25, -0.2) is 13.2 Å². The van der Waals surface area contributed by atoms with Crippen molar-refractivity contribution in [2.45, 2.75) is 45.4 Å². The van der Waals surface area contributed by atoms with Crippen LogP contribution in [-0.2, 0) is 23.0 Å². The van der Waals surface area contributed by atoms with Crippen LogP contribution in [0.15, 0.2) is 42.7 Å². The van der Waals surface area contributed by atoms with Crippen LogP contribution in [0.2, 0.25) is 0 Å². The van der Waals surface area contributed by atoms with E-state index in [2.05, 4.69) is 4.98 Å². The largest absolute Gasteiger partial charge is 0.486 e. The van der Waals surface area contributed by atoms with Gasteiger partial charge >= 0.3 is 5.97 Å². The highest BCUT2D eigenvalue weighted by molar-refractivity contribution is 7.89. The van der Waals surface area contributed by atoms with Crippen molar-refractivity contribution in [2.75, 3.05) is 5.75 Å². The van der Waals surface area contributed by atoms with Gasteiger partial charge in [0.1, 0.15) is 11.4 Å². The van der Waals surface area contributed by atoms with Gasteiger partial charge in [0.05, 0.1) is 17.4 Å². The summed E-state index contributed by atoms with van der Waals surface area (Å²) in [6.07, 6.45) is 3.62. The Balaban J connectivity index is 2.03. The number of aromatic nitrogens is 1. The molecule has 150 valence electrons. The minimum absolute atomic E-state index is 0.0350. The summed E-state index contributed by atoms with van der Waals surface area (Å²) in [5, 5.41) is 9.27. The van der Waals surface area contributed by atoms with Crippen LogP contribution in [0.4, 0.5) is 0 Å².